The molecule has 0 spiro atoms. The van der Waals surface area contributed by atoms with Gasteiger partial charge in [0, 0.05) is 0 Å². The third kappa shape index (κ3) is 2.32. The van der Waals surface area contributed by atoms with Gasteiger partial charge in [0.05, 0.1) is 0 Å². The first kappa shape index (κ1) is 10.5. The average molecular weight is 194 g/mol. The van der Waals surface area contributed by atoms with Crippen molar-refractivity contribution < 1.29 is 0 Å². The normalized spacial score (nSPS) is 41.1. The van der Waals surface area contributed by atoms with Crippen LogP contribution in [0.15, 0.2) is 0 Å². The van der Waals surface area contributed by atoms with Crippen molar-refractivity contribution >= 4 is 0 Å². The van der Waals surface area contributed by atoms with Crippen molar-refractivity contribution in [3.63, 3.8) is 0 Å². The second kappa shape index (κ2) is 4.68. The second-order valence-corrected chi connectivity index (χ2v) is 5.93. The van der Waals surface area contributed by atoms with E-state index in [2.05, 4.69) is 13.8 Å². The SMILES string of the molecule is C[C@@H]1CCC(C2CCCCC2)C[C@@H]1C. The molecule has 0 aromatic heterocycles. The monoisotopic (exact) mass is 194 g/mol. The first-order valence-electron chi connectivity index (χ1n) is 6.77. The quantitative estimate of drug-likeness (QED) is 0.570. The molecule has 0 N–H and O–H groups in total. The Balaban J connectivity index is 1.85. The zero-order valence-corrected chi connectivity index (χ0v) is 9.97. The van der Waals surface area contributed by atoms with Crippen LogP contribution in [0.25, 0.3) is 0 Å². The largest absolute Gasteiger partial charge is 0.0623 e. The molecule has 2 fully saturated rings. The number of hydrogen-bond donors (Lipinski definition) is 0. The summed E-state index contributed by atoms with van der Waals surface area (Å²) in [5.41, 5.74) is 0. The predicted octanol–water partition coefficient (Wildman–Crippen LogP) is 4.64. The lowest BCUT2D eigenvalue weighted by molar-refractivity contribution is 0.131. The van der Waals surface area contributed by atoms with E-state index in [9.17, 15) is 0 Å². The van der Waals surface area contributed by atoms with Gasteiger partial charge in [0.25, 0.3) is 0 Å². The Morgan fingerprint density at radius 3 is 2.00 bits per heavy atom. The zero-order valence-electron chi connectivity index (χ0n) is 9.97. The van der Waals surface area contributed by atoms with E-state index in [1.54, 1.807) is 12.8 Å². The standard InChI is InChI=1S/C14H26/c1-11-8-9-14(10-12(11)2)13-6-4-3-5-7-13/h11-14H,3-10H2,1-2H3/t11-,12+,14?/m1/s1. The van der Waals surface area contributed by atoms with E-state index in [1.165, 1.54) is 38.5 Å². The molecule has 82 valence electrons. The van der Waals surface area contributed by atoms with E-state index < -0.39 is 0 Å². The Morgan fingerprint density at radius 2 is 1.36 bits per heavy atom. The minimum absolute atomic E-state index is 0.995. The molecule has 2 aliphatic rings. The van der Waals surface area contributed by atoms with Crippen molar-refractivity contribution in [2.24, 2.45) is 23.7 Å². The Bertz CT molecular complexity index is 167. The number of rotatable bonds is 1. The van der Waals surface area contributed by atoms with Crippen LogP contribution < -0.4 is 0 Å². The highest BCUT2D eigenvalue weighted by Crippen LogP contribution is 2.41. The summed E-state index contributed by atoms with van der Waals surface area (Å²) in [6, 6.07) is 0. The smallest absolute Gasteiger partial charge is 0.0383 e. The van der Waals surface area contributed by atoms with Crippen molar-refractivity contribution in [3.05, 3.63) is 0 Å². The van der Waals surface area contributed by atoms with E-state index >= 15 is 0 Å². The molecule has 0 aromatic carbocycles. The molecule has 14 heavy (non-hydrogen) atoms. The molecule has 0 heterocycles. The first-order valence-corrected chi connectivity index (χ1v) is 6.77. The molecular weight excluding hydrogens is 168 g/mol. The lowest BCUT2D eigenvalue weighted by Gasteiger charge is -2.38. The maximum absolute atomic E-state index is 2.47. The Morgan fingerprint density at radius 1 is 0.643 bits per heavy atom. The maximum Gasteiger partial charge on any atom is -0.0383 e. The average Bonchev–Trinajstić information content (AvgIpc) is 2.23. The summed E-state index contributed by atoms with van der Waals surface area (Å²) in [5, 5.41) is 0. The van der Waals surface area contributed by atoms with Gasteiger partial charge in [-0.3, -0.25) is 0 Å². The molecule has 0 saturated heterocycles. The minimum atomic E-state index is 0.995. The van der Waals surface area contributed by atoms with Gasteiger partial charge in [0.1, 0.15) is 0 Å². The van der Waals surface area contributed by atoms with E-state index in [0.717, 1.165) is 23.7 Å². The van der Waals surface area contributed by atoms with Gasteiger partial charge in [-0.1, -0.05) is 52.4 Å². The molecule has 2 saturated carbocycles. The maximum atomic E-state index is 2.47. The van der Waals surface area contributed by atoms with Crippen molar-refractivity contribution in [1.29, 1.82) is 0 Å². The molecule has 2 aliphatic carbocycles. The van der Waals surface area contributed by atoms with Crippen molar-refractivity contribution in [1.82, 2.24) is 0 Å². The number of hydrogen-bond acceptors (Lipinski definition) is 0. The second-order valence-electron chi connectivity index (χ2n) is 5.93. The Hall–Kier alpha value is 0. The highest BCUT2D eigenvalue weighted by Gasteiger charge is 2.30. The van der Waals surface area contributed by atoms with Crippen LogP contribution in [-0.4, -0.2) is 0 Å². The first-order chi connectivity index (χ1) is 6.77. The highest BCUT2D eigenvalue weighted by molar-refractivity contribution is 4.81. The van der Waals surface area contributed by atoms with Crippen LogP contribution in [0.2, 0.25) is 0 Å². The van der Waals surface area contributed by atoms with Crippen molar-refractivity contribution in [2.45, 2.75) is 65.2 Å². The third-order valence-electron chi connectivity index (χ3n) is 4.96. The topological polar surface area (TPSA) is 0 Å². The van der Waals surface area contributed by atoms with Crippen LogP contribution >= 0.6 is 0 Å². The summed E-state index contributed by atoms with van der Waals surface area (Å²) >= 11 is 0. The van der Waals surface area contributed by atoms with Gasteiger partial charge in [-0.15, -0.1) is 0 Å². The molecule has 2 rings (SSSR count). The predicted molar refractivity (Wildman–Crippen MR) is 62.2 cm³/mol. The lowest BCUT2D eigenvalue weighted by atomic mass is 9.68. The van der Waals surface area contributed by atoms with Gasteiger partial charge in [-0.2, -0.15) is 0 Å². The fourth-order valence-electron chi connectivity index (χ4n) is 3.62. The van der Waals surface area contributed by atoms with Gasteiger partial charge >= 0.3 is 0 Å². The molecule has 0 heteroatoms. The third-order valence-corrected chi connectivity index (χ3v) is 4.96. The minimum Gasteiger partial charge on any atom is -0.0623 e. The van der Waals surface area contributed by atoms with Crippen LogP contribution in [0, 0.1) is 23.7 Å². The summed E-state index contributed by atoms with van der Waals surface area (Å²) in [7, 11) is 0. The highest BCUT2D eigenvalue weighted by atomic mass is 14.4. The molecule has 0 radical (unpaired) electrons. The Labute approximate surface area is 89.5 Å². The molecule has 0 aliphatic heterocycles. The van der Waals surface area contributed by atoms with Gasteiger partial charge in [0.15, 0.2) is 0 Å². The van der Waals surface area contributed by atoms with Crippen LogP contribution in [0.5, 0.6) is 0 Å². The molecule has 1 unspecified atom stereocenters. The van der Waals surface area contributed by atoms with Crippen LogP contribution in [0.3, 0.4) is 0 Å². The summed E-state index contributed by atoms with van der Waals surface area (Å²) in [6.07, 6.45) is 12.2. The van der Waals surface area contributed by atoms with E-state index in [0.29, 0.717) is 0 Å². The molecule has 0 amide bonds. The van der Waals surface area contributed by atoms with Gasteiger partial charge < -0.3 is 0 Å². The fourth-order valence-corrected chi connectivity index (χ4v) is 3.62. The van der Waals surface area contributed by atoms with Crippen LogP contribution in [-0.2, 0) is 0 Å². The van der Waals surface area contributed by atoms with E-state index in [1.807, 2.05) is 0 Å². The van der Waals surface area contributed by atoms with Crippen molar-refractivity contribution in [3.8, 4) is 0 Å². The van der Waals surface area contributed by atoms with Gasteiger partial charge in [-0.25, -0.2) is 0 Å². The van der Waals surface area contributed by atoms with Crippen LogP contribution in [0.4, 0.5) is 0 Å². The fraction of sp³-hybridized carbons (Fsp3) is 1.00. The Kier molecular flexibility index (Phi) is 3.52. The summed E-state index contributed by atoms with van der Waals surface area (Å²) in [6.45, 7) is 4.92. The summed E-state index contributed by atoms with van der Waals surface area (Å²) in [4.78, 5) is 0. The molecule has 3 atom stereocenters. The summed E-state index contributed by atoms with van der Waals surface area (Å²) in [5.74, 6) is 4.20. The molecule has 0 bridgehead atoms. The van der Waals surface area contributed by atoms with Crippen LogP contribution in [0.1, 0.15) is 65.2 Å². The molecule has 0 nitrogen and oxygen atoms in total. The molecular formula is C14H26. The molecule has 0 aromatic rings. The van der Waals surface area contributed by atoms with E-state index in [-0.39, 0.29) is 0 Å². The zero-order chi connectivity index (χ0) is 9.97. The van der Waals surface area contributed by atoms with E-state index in [4.69, 9.17) is 0 Å². The van der Waals surface area contributed by atoms with Gasteiger partial charge in [-0.05, 0) is 36.5 Å². The lowest BCUT2D eigenvalue weighted by Crippen LogP contribution is -2.27. The summed E-state index contributed by atoms with van der Waals surface area (Å²) < 4.78 is 0. The van der Waals surface area contributed by atoms with Gasteiger partial charge in [0.2, 0.25) is 0 Å². The van der Waals surface area contributed by atoms with Crippen molar-refractivity contribution in [2.75, 3.05) is 0 Å².